The number of hydrogen-bond donors (Lipinski definition) is 2. The lowest BCUT2D eigenvalue weighted by Crippen LogP contribution is -2.37. The Labute approximate surface area is 147 Å². The minimum atomic E-state index is 0.133. The average Bonchev–Trinajstić information content (AvgIpc) is 2.57. The summed E-state index contributed by atoms with van der Waals surface area (Å²) in [6.07, 6.45) is 10.4. The molecule has 0 aliphatic carbocycles. The first-order chi connectivity index (χ1) is 11.3. The second-order valence-electron chi connectivity index (χ2n) is 5.98. The Morgan fingerprint density at radius 2 is 1.57 bits per heavy atom. The van der Waals surface area contributed by atoms with Gasteiger partial charge in [0, 0.05) is 18.8 Å². The summed E-state index contributed by atoms with van der Waals surface area (Å²) in [6.45, 7) is 3.89. The number of benzene rings is 1. The molecule has 0 amide bonds. The molecule has 0 aliphatic heterocycles. The minimum absolute atomic E-state index is 0.133. The molecule has 3 nitrogen and oxygen atoms in total. The molecule has 0 saturated heterocycles. The van der Waals surface area contributed by atoms with E-state index in [-0.39, 0.29) is 6.61 Å². The fourth-order valence-electron chi connectivity index (χ4n) is 2.60. The van der Waals surface area contributed by atoms with Gasteiger partial charge in [-0.05, 0) is 30.8 Å². The highest BCUT2D eigenvalue weighted by atomic mass is 32.1. The number of nitrogens with zero attached hydrogens (tertiary/aromatic N) is 1. The van der Waals surface area contributed by atoms with Gasteiger partial charge in [-0.2, -0.15) is 0 Å². The van der Waals surface area contributed by atoms with Crippen LogP contribution in [0.25, 0.3) is 0 Å². The molecule has 0 atom stereocenters. The maximum absolute atomic E-state index is 9.25. The number of nitrogens with one attached hydrogen (secondary N) is 1. The molecular formula is C19H32N2OS. The minimum Gasteiger partial charge on any atom is -0.395 e. The number of hydrogen-bond acceptors (Lipinski definition) is 2. The van der Waals surface area contributed by atoms with Crippen molar-refractivity contribution in [2.75, 3.05) is 25.0 Å². The summed E-state index contributed by atoms with van der Waals surface area (Å²) >= 11 is 5.48. The van der Waals surface area contributed by atoms with Gasteiger partial charge in [-0.25, -0.2) is 0 Å². The zero-order valence-electron chi connectivity index (χ0n) is 14.5. The maximum Gasteiger partial charge on any atom is 0.173 e. The zero-order chi connectivity index (χ0) is 16.8. The summed E-state index contributed by atoms with van der Waals surface area (Å²) in [4.78, 5) is 2.07. The Bertz CT molecular complexity index is 411. The van der Waals surface area contributed by atoms with Gasteiger partial charge in [-0.1, -0.05) is 70.1 Å². The van der Waals surface area contributed by atoms with Crippen molar-refractivity contribution in [3.05, 3.63) is 30.3 Å². The molecule has 1 aromatic rings. The summed E-state index contributed by atoms with van der Waals surface area (Å²) in [7, 11) is 0. The highest BCUT2D eigenvalue weighted by Gasteiger charge is 2.08. The van der Waals surface area contributed by atoms with E-state index in [0.29, 0.717) is 11.7 Å². The van der Waals surface area contributed by atoms with Gasteiger partial charge in [0.25, 0.3) is 0 Å². The van der Waals surface area contributed by atoms with Crippen LogP contribution in [0, 0.1) is 0 Å². The first-order valence-electron chi connectivity index (χ1n) is 8.99. The molecule has 0 bridgehead atoms. The average molecular weight is 337 g/mol. The SMILES string of the molecule is CCCCCCCCCCN(CCO)C(=S)Nc1ccccc1. The third-order valence-electron chi connectivity index (χ3n) is 3.96. The molecule has 0 spiro atoms. The molecule has 0 heterocycles. The fourth-order valence-corrected chi connectivity index (χ4v) is 2.90. The van der Waals surface area contributed by atoms with Gasteiger partial charge in [-0.15, -0.1) is 0 Å². The maximum atomic E-state index is 9.25. The van der Waals surface area contributed by atoms with Gasteiger partial charge in [0.1, 0.15) is 0 Å². The Hall–Kier alpha value is -1.13. The number of rotatable bonds is 12. The number of thiocarbonyl (C=S) groups is 1. The molecule has 4 heteroatoms. The normalized spacial score (nSPS) is 10.5. The van der Waals surface area contributed by atoms with E-state index in [4.69, 9.17) is 12.2 Å². The molecule has 23 heavy (non-hydrogen) atoms. The van der Waals surface area contributed by atoms with Gasteiger partial charge in [-0.3, -0.25) is 0 Å². The van der Waals surface area contributed by atoms with Crippen LogP contribution >= 0.6 is 12.2 Å². The van der Waals surface area contributed by atoms with Crippen molar-refractivity contribution in [1.82, 2.24) is 4.90 Å². The second kappa shape index (κ2) is 13.3. The lowest BCUT2D eigenvalue weighted by Gasteiger charge is -2.25. The lowest BCUT2D eigenvalue weighted by atomic mass is 10.1. The third kappa shape index (κ3) is 9.57. The molecule has 130 valence electrons. The number of para-hydroxylation sites is 1. The molecule has 0 fully saturated rings. The number of unbranched alkanes of at least 4 members (excludes halogenated alkanes) is 7. The Morgan fingerprint density at radius 1 is 0.957 bits per heavy atom. The van der Waals surface area contributed by atoms with Crippen LogP contribution in [0.15, 0.2) is 30.3 Å². The van der Waals surface area contributed by atoms with Crippen molar-refractivity contribution >= 4 is 23.0 Å². The quantitative estimate of drug-likeness (QED) is 0.424. The van der Waals surface area contributed by atoms with Gasteiger partial charge >= 0.3 is 0 Å². The number of aliphatic hydroxyl groups excluding tert-OH is 1. The molecular weight excluding hydrogens is 304 g/mol. The molecule has 1 aromatic carbocycles. The Balaban J connectivity index is 2.22. The second-order valence-corrected chi connectivity index (χ2v) is 6.37. The van der Waals surface area contributed by atoms with Crippen LogP contribution in [-0.4, -0.2) is 34.8 Å². The van der Waals surface area contributed by atoms with Crippen LogP contribution in [0.5, 0.6) is 0 Å². The molecule has 2 N–H and O–H groups in total. The Kier molecular flexibility index (Phi) is 11.5. The van der Waals surface area contributed by atoms with Crippen molar-refractivity contribution < 1.29 is 5.11 Å². The summed E-state index contributed by atoms with van der Waals surface area (Å²) in [5.74, 6) is 0. The largest absolute Gasteiger partial charge is 0.395 e. The summed E-state index contributed by atoms with van der Waals surface area (Å²) in [5, 5.41) is 13.2. The van der Waals surface area contributed by atoms with Crippen LogP contribution in [0.3, 0.4) is 0 Å². The highest BCUT2D eigenvalue weighted by Crippen LogP contribution is 2.10. The van der Waals surface area contributed by atoms with E-state index in [9.17, 15) is 5.11 Å². The zero-order valence-corrected chi connectivity index (χ0v) is 15.3. The highest BCUT2D eigenvalue weighted by molar-refractivity contribution is 7.80. The number of anilines is 1. The van der Waals surface area contributed by atoms with E-state index in [2.05, 4.69) is 17.1 Å². The van der Waals surface area contributed by atoms with Crippen molar-refractivity contribution in [3.63, 3.8) is 0 Å². The van der Waals surface area contributed by atoms with Crippen LogP contribution in [0.4, 0.5) is 5.69 Å². The van der Waals surface area contributed by atoms with Crippen LogP contribution in [0.2, 0.25) is 0 Å². The molecule has 0 aliphatic rings. The molecule has 0 aromatic heterocycles. The van der Waals surface area contributed by atoms with Gasteiger partial charge < -0.3 is 15.3 Å². The Morgan fingerprint density at radius 3 is 2.17 bits per heavy atom. The summed E-state index contributed by atoms with van der Waals surface area (Å²) < 4.78 is 0. The monoisotopic (exact) mass is 336 g/mol. The van der Waals surface area contributed by atoms with Crippen LogP contribution in [-0.2, 0) is 0 Å². The third-order valence-corrected chi connectivity index (χ3v) is 4.32. The van der Waals surface area contributed by atoms with E-state index in [1.165, 1.54) is 44.9 Å². The first-order valence-corrected chi connectivity index (χ1v) is 9.40. The van der Waals surface area contributed by atoms with E-state index in [1.54, 1.807) is 0 Å². The molecule has 1 rings (SSSR count). The van der Waals surface area contributed by atoms with E-state index < -0.39 is 0 Å². The summed E-state index contributed by atoms with van der Waals surface area (Å²) in [5.41, 5.74) is 0.997. The molecule has 0 radical (unpaired) electrons. The van der Waals surface area contributed by atoms with Crippen LogP contribution in [0.1, 0.15) is 58.3 Å². The topological polar surface area (TPSA) is 35.5 Å². The smallest absolute Gasteiger partial charge is 0.173 e. The van der Waals surface area contributed by atoms with Gasteiger partial charge in [0.2, 0.25) is 0 Å². The van der Waals surface area contributed by atoms with E-state index >= 15 is 0 Å². The van der Waals surface area contributed by atoms with Crippen LogP contribution < -0.4 is 5.32 Å². The van der Waals surface area contributed by atoms with Crippen molar-refractivity contribution in [1.29, 1.82) is 0 Å². The van der Waals surface area contributed by atoms with E-state index in [0.717, 1.165) is 18.7 Å². The molecule has 0 unspecified atom stereocenters. The number of aliphatic hydroxyl groups is 1. The fraction of sp³-hybridized carbons (Fsp3) is 0.632. The summed E-state index contributed by atoms with van der Waals surface area (Å²) in [6, 6.07) is 9.96. The predicted molar refractivity (Wildman–Crippen MR) is 104 cm³/mol. The first kappa shape index (κ1) is 19.9. The lowest BCUT2D eigenvalue weighted by molar-refractivity contribution is 0.249. The van der Waals surface area contributed by atoms with Crippen molar-refractivity contribution in [2.24, 2.45) is 0 Å². The van der Waals surface area contributed by atoms with Gasteiger partial charge in [0.15, 0.2) is 5.11 Å². The predicted octanol–water partition coefficient (Wildman–Crippen LogP) is 4.82. The molecule has 0 saturated carbocycles. The van der Waals surface area contributed by atoms with Gasteiger partial charge in [0.05, 0.1) is 6.61 Å². The standard InChI is InChI=1S/C19H32N2OS/c1-2-3-4-5-6-7-8-12-15-21(16-17-22)19(23)20-18-13-10-9-11-14-18/h9-11,13-14,22H,2-8,12,15-17H2,1H3,(H,20,23). The van der Waals surface area contributed by atoms with Crippen molar-refractivity contribution in [2.45, 2.75) is 58.3 Å². The van der Waals surface area contributed by atoms with Crippen molar-refractivity contribution in [3.8, 4) is 0 Å². The van der Waals surface area contributed by atoms with E-state index in [1.807, 2.05) is 30.3 Å².